The molecular formula is C20H21F3O5S. The fourth-order valence-electron chi connectivity index (χ4n) is 2.76. The van der Waals surface area contributed by atoms with E-state index in [9.17, 15) is 26.4 Å². The Morgan fingerprint density at radius 1 is 1.00 bits per heavy atom. The Balaban J connectivity index is 2.63. The molecule has 0 saturated carbocycles. The van der Waals surface area contributed by atoms with Gasteiger partial charge in [0.25, 0.3) is 0 Å². The number of hydrogen-bond donors (Lipinski definition) is 0. The summed E-state index contributed by atoms with van der Waals surface area (Å²) in [6.07, 6.45) is -0.114. The second kappa shape index (κ2) is 8.44. The van der Waals surface area contributed by atoms with Crippen LogP contribution in [0.1, 0.15) is 29.2 Å². The van der Waals surface area contributed by atoms with Crippen LogP contribution in [0.15, 0.2) is 30.3 Å². The molecule has 0 N–H and O–H groups in total. The topological polar surface area (TPSA) is 69.7 Å². The Morgan fingerprint density at radius 3 is 2.24 bits per heavy atom. The van der Waals surface area contributed by atoms with Gasteiger partial charge in [-0.2, -0.15) is 21.6 Å². The van der Waals surface area contributed by atoms with E-state index in [0.29, 0.717) is 11.1 Å². The number of alkyl halides is 3. The van der Waals surface area contributed by atoms with Gasteiger partial charge in [-0.1, -0.05) is 18.2 Å². The highest BCUT2D eigenvalue weighted by atomic mass is 32.2. The largest absolute Gasteiger partial charge is 0.534 e. The van der Waals surface area contributed by atoms with Crippen molar-refractivity contribution >= 4 is 16.1 Å². The summed E-state index contributed by atoms with van der Waals surface area (Å²) < 4.78 is 70.8. The van der Waals surface area contributed by atoms with Crippen molar-refractivity contribution in [1.82, 2.24) is 0 Å². The number of benzene rings is 2. The Labute approximate surface area is 167 Å². The average molecular weight is 430 g/mol. The zero-order valence-electron chi connectivity index (χ0n) is 16.4. The van der Waals surface area contributed by atoms with Crippen LogP contribution in [0.3, 0.4) is 0 Å². The first-order chi connectivity index (χ1) is 13.4. The molecule has 0 amide bonds. The highest BCUT2D eigenvalue weighted by molar-refractivity contribution is 7.88. The lowest BCUT2D eigenvalue weighted by molar-refractivity contribution is -0.142. The van der Waals surface area contributed by atoms with Crippen molar-refractivity contribution in [2.24, 2.45) is 0 Å². The van der Waals surface area contributed by atoms with Gasteiger partial charge in [-0.3, -0.25) is 4.79 Å². The summed E-state index contributed by atoms with van der Waals surface area (Å²) in [5.41, 5.74) is -1.83. The highest BCUT2D eigenvalue weighted by Crippen LogP contribution is 2.38. The molecule has 0 spiro atoms. The van der Waals surface area contributed by atoms with Crippen molar-refractivity contribution in [2.75, 3.05) is 6.61 Å². The van der Waals surface area contributed by atoms with E-state index in [2.05, 4.69) is 4.18 Å². The van der Waals surface area contributed by atoms with Crippen LogP contribution in [0.2, 0.25) is 0 Å². The first-order valence-electron chi connectivity index (χ1n) is 8.74. The van der Waals surface area contributed by atoms with Crippen LogP contribution >= 0.6 is 0 Å². The zero-order valence-corrected chi connectivity index (χ0v) is 17.2. The van der Waals surface area contributed by atoms with Gasteiger partial charge in [-0.25, -0.2) is 0 Å². The molecule has 0 unspecified atom stereocenters. The van der Waals surface area contributed by atoms with E-state index in [1.165, 1.54) is 12.1 Å². The van der Waals surface area contributed by atoms with Crippen LogP contribution in [-0.2, 0) is 26.1 Å². The monoisotopic (exact) mass is 430 g/mol. The summed E-state index contributed by atoms with van der Waals surface area (Å²) in [7, 11) is -5.85. The number of esters is 1. The standard InChI is InChI=1S/C20H21F3O5S/c1-5-27-19(24)11-15-7-9-18(28-29(25,26)20(21,22)23)17(10-15)16-8-6-12(2)13(3)14(16)4/h6-10H,5,11H2,1-4H3. The summed E-state index contributed by atoms with van der Waals surface area (Å²) in [4.78, 5) is 11.8. The fourth-order valence-corrected chi connectivity index (χ4v) is 3.24. The number of carbonyl (C=O) groups excluding carboxylic acids is 1. The second-order valence-electron chi connectivity index (χ2n) is 6.48. The van der Waals surface area contributed by atoms with Crippen molar-refractivity contribution in [3.05, 3.63) is 52.6 Å². The van der Waals surface area contributed by atoms with E-state index in [1.54, 1.807) is 26.0 Å². The molecule has 158 valence electrons. The van der Waals surface area contributed by atoms with Gasteiger partial charge in [0, 0.05) is 5.56 Å². The maximum atomic E-state index is 12.8. The second-order valence-corrected chi connectivity index (χ2v) is 8.01. The third kappa shape index (κ3) is 5.09. The summed E-state index contributed by atoms with van der Waals surface area (Å²) in [6, 6.07) is 7.33. The molecule has 0 aliphatic rings. The first kappa shape index (κ1) is 22.7. The SMILES string of the molecule is CCOC(=O)Cc1ccc(OS(=O)(=O)C(F)(F)F)c(-c2ccc(C)c(C)c2C)c1. The molecule has 0 saturated heterocycles. The molecule has 9 heteroatoms. The molecule has 0 aliphatic heterocycles. The van der Waals surface area contributed by atoms with Gasteiger partial charge in [0.1, 0.15) is 0 Å². The van der Waals surface area contributed by atoms with E-state index in [-0.39, 0.29) is 18.6 Å². The molecule has 2 aromatic carbocycles. The lowest BCUT2D eigenvalue weighted by Crippen LogP contribution is -2.28. The van der Waals surface area contributed by atoms with E-state index in [0.717, 1.165) is 22.8 Å². The predicted octanol–water partition coefficient (Wildman–Crippen LogP) is 4.61. The molecule has 2 rings (SSSR count). The maximum Gasteiger partial charge on any atom is 0.534 e. The van der Waals surface area contributed by atoms with E-state index < -0.39 is 27.3 Å². The molecule has 0 bridgehead atoms. The summed E-state index contributed by atoms with van der Waals surface area (Å²) in [6.45, 7) is 7.35. The molecule has 0 atom stereocenters. The van der Waals surface area contributed by atoms with Crippen molar-refractivity contribution in [2.45, 2.75) is 39.6 Å². The molecule has 0 aliphatic carbocycles. The van der Waals surface area contributed by atoms with Crippen LogP contribution in [0, 0.1) is 20.8 Å². The van der Waals surface area contributed by atoms with Crippen molar-refractivity contribution < 1.29 is 35.3 Å². The van der Waals surface area contributed by atoms with Crippen molar-refractivity contribution in [3.8, 4) is 16.9 Å². The van der Waals surface area contributed by atoms with Gasteiger partial charge in [-0.15, -0.1) is 0 Å². The molecule has 0 fully saturated rings. The molecule has 5 nitrogen and oxygen atoms in total. The number of aryl methyl sites for hydroxylation is 1. The third-order valence-electron chi connectivity index (χ3n) is 4.53. The number of rotatable bonds is 6. The quantitative estimate of drug-likeness (QED) is 0.380. The maximum absolute atomic E-state index is 12.8. The molecule has 29 heavy (non-hydrogen) atoms. The molecular weight excluding hydrogens is 409 g/mol. The van der Waals surface area contributed by atoms with Crippen molar-refractivity contribution in [1.29, 1.82) is 0 Å². The van der Waals surface area contributed by atoms with Gasteiger partial charge in [0.15, 0.2) is 5.75 Å². The minimum absolute atomic E-state index is 0.114. The fraction of sp³-hybridized carbons (Fsp3) is 0.350. The number of hydrogen-bond acceptors (Lipinski definition) is 5. The minimum atomic E-state index is -5.85. The van der Waals surface area contributed by atoms with Crippen LogP contribution < -0.4 is 4.18 Å². The average Bonchev–Trinajstić information content (AvgIpc) is 2.60. The van der Waals surface area contributed by atoms with Crippen LogP contribution in [-0.4, -0.2) is 26.5 Å². The number of ether oxygens (including phenoxy) is 1. The van der Waals surface area contributed by atoms with Gasteiger partial charge in [0.2, 0.25) is 0 Å². The van der Waals surface area contributed by atoms with Gasteiger partial charge in [0.05, 0.1) is 13.0 Å². The molecule has 2 aromatic rings. The lowest BCUT2D eigenvalue weighted by atomic mass is 9.92. The Kier molecular flexibility index (Phi) is 6.62. The molecule has 0 heterocycles. The normalized spacial score (nSPS) is 12.0. The van der Waals surface area contributed by atoms with Gasteiger partial charge < -0.3 is 8.92 Å². The smallest absolute Gasteiger partial charge is 0.466 e. The highest BCUT2D eigenvalue weighted by Gasteiger charge is 2.48. The Morgan fingerprint density at radius 2 is 1.66 bits per heavy atom. The van der Waals surface area contributed by atoms with E-state index in [4.69, 9.17) is 4.74 Å². The van der Waals surface area contributed by atoms with Gasteiger partial charge >= 0.3 is 21.6 Å². The number of halogens is 3. The van der Waals surface area contributed by atoms with Crippen LogP contribution in [0.4, 0.5) is 13.2 Å². The predicted molar refractivity (Wildman–Crippen MR) is 102 cm³/mol. The molecule has 0 radical (unpaired) electrons. The minimum Gasteiger partial charge on any atom is -0.466 e. The van der Waals surface area contributed by atoms with Crippen LogP contribution in [0.5, 0.6) is 5.75 Å². The summed E-state index contributed by atoms with van der Waals surface area (Å²) >= 11 is 0. The van der Waals surface area contributed by atoms with E-state index in [1.807, 2.05) is 13.8 Å². The first-order valence-corrected chi connectivity index (χ1v) is 10.1. The Bertz CT molecular complexity index is 1030. The van der Waals surface area contributed by atoms with Crippen LogP contribution in [0.25, 0.3) is 11.1 Å². The Hall–Kier alpha value is -2.55. The lowest BCUT2D eigenvalue weighted by Gasteiger charge is -2.17. The van der Waals surface area contributed by atoms with Crippen molar-refractivity contribution in [3.63, 3.8) is 0 Å². The summed E-state index contributed by atoms with van der Waals surface area (Å²) in [5, 5.41) is 0. The third-order valence-corrected chi connectivity index (χ3v) is 5.49. The summed E-state index contributed by atoms with van der Waals surface area (Å²) in [5.74, 6) is -0.979. The van der Waals surface area contributed by atoms with Gasteiger partial charge in [-0.05, 0) is 67.6 Å². The molecule has 0 aromatic heterocycles. The number of carbonyl (C=O) groups is 1. The van der Waals surface area contributed by atoms with E-state index >= 15 is 0 Å². The zero-order chi connectivity index (χ0) is 22.0.